The zero-order valence-corrected chi connectivity index (χ0v) is 11.7. The summed E-state index contributed by atoms with van der Waals surface area (Å²) in [5.41, 5.74) is 0.527. The summed E-state index contributed by atoms with van der Waals surface area (Å²) in [6, 6.07) is 8.20. The Labute approximate surface area is 116 Å². The molecule has 5 nitrogen and oxygen atoms in total. The third kappa shape index (κ3) is 2.66. The van der Waals surface area contributed by atoms with E-state index in [0.29, 0.717) is 12.2 Å². The van der Waals surface area contributed by atoms with Gasteiger partial charge in [-0.1, -0.05) is 31.0 Å². The molecule has 0 fully saturated rings. The fraction of sp³-hybridized carbons (Fsp3) is 0.333. The number of rotatable bonds is 4. The van der Waals surface area contributed by atoms with Gasteiger partial charge in [-0.3, -0.25) is 9.36 Å². The van der Waals surface area contributed by atoms with Gasteiger partial charge in [-0.05, 0) is 25.5 Å². The first-order valence-electron chi connectivity index (χ1n) is 6.67. The van der Waals surface area contributed by atoms with Gasteiger partial charge in [0.2, 0.25) is 5.88 Å². The molecule has 1 N–H and O–H groups in total. The van der Waals surface area contributed by atoms with Crippen LogP contribution in [0.1, 0.15) is 25.3 Å². The van der Waals surface area contributed by atoms with Crippen LogP contribution >= 0.6 is 0 Å². The summed E-state index contributed by atoms with van der Waals surface area (Å²) in [6.45, 7) is 4.33. The van der Waals surface area contributed by atoms with Gasteiger partial charge in [0.15, 0.2) is 0 Å². The molecule has 0 atom stereocenters. The lowest BCUT2D eigenvalue weighted by Gasteiger charge is -2.11. The zero-order valence-electron chi connectivity index (χ0n) is 11.7. The highest BCUT2D eigenvalue weighted by atomic mass is 16.3. The SMILES string of the molecule is CCCCn1c(O)cc(=O)n(-c2ccc(C)cc2)c1=O. The molecule has 0 spiro atoms. The van der Waals surface area contributed by atoms with E-state index in [1.807, 2.05) is 26.0 Å². The number of hydrogen-bond donors (Lipinski definition) is 1. The van der Waals surface area contributed by atoms with Crippen LogP contribution in [0.15, 0.2) is 39.9 Å². The van der Waals surface area contributed by atoms with E-state index >= 15 is 0 Å². The molecule has 106 valence electrons. The van der Waals surface area contributed by atoms with Crippen LogP contribution in [0, 0.1) is 6.92 Å². The number of aromatic nitrogens is 2. The Bertz CT molecular complexity index is 711. The minimum absolute atomic E-state index is 0.281. The highest BCUT2D eigenvalue weighted by Crippen LogP contribution is 2.08. The van der Waals surface area contributed by atoms with Gasteiger partial charge in [-0.25, -0.2) is 9.36 Å². The summed E-state index contributed by atoms with van der Waals surface area (Å²) in [7, 11) is 0. The second-order valence-corrected chi connectivity index (χ2v) is 4.80. The predicted molar refractivity (Wildman–Crippen MR) is 77.6 cm³/mol. The van der Waals surface area contributed by atoms with Crippen molar-refractivity contribution in [3.05, 3.63) is 56.7 Å². The van der Waals surface area contributed by atoms with Gasteiger partial charge in [0.1, 0.15) is 0 Å². The van der Waals surface area contributed by atoms with Crippen LogP contribution in [0.25, 0.3) is 5.69 Å². The van der Waals surface area contributed by atoms with Crippen molar-refractivity contribution >= 4 is 0 Å². The maximum atomic E-state index is 12.4. The highest BCUT2D eigenvalue weighted by molar-refractivity contribution is 5.34. The number of aryl methyl sites for hydroxylation is 1. The second kappa shape index (κ2) is 5.77. The van der Waals surface area contributed by atoms with Crippen LogP contribution in [-0.4, -0.2) is 14.2 Å². The number of unbranched alkanes of at least 4 members (excludes halogenated alkanes) is 1. The Hall–Kier alpha value is -2.30. The van der Waals surface area contributed by atoms with Crippen molar-refractivity contribution in [3.63, 3.8) is 0 Å². The molecule has 0 amide bonds. The van der Waals surface area contributed by atoms with Gasteiger partial charge in [0, 0.05) is 6.54 Å². The fourth-order valence-corrected chi connectivity index (χ4v) is 2.02. The number of aromatic hydroxyl groups is 1. The average Bonchev–Trinajstić information content (AvgIpc) is 2.40. The Balaban J connectivity index is 2.61. The van der Waals surface area contributed by atoms with Crippen molar-refractivity contribution in [2.75, 3.05) is 0 Å². The quantitative estimate of drug-likeness (QED) is 0.924. The van der Waals surface area contributed by atoms with E-state index in [1.54, 1.807) is 12.1 Å². The molecule has 0 radical (unpaired) electrons. The van der Waals surface area contributed by atoms with Gasteiger partial charge in [-0.2, -0.15) is 0 Å². The van der Waals surface area contributed by atoms with E-state index in [-0.39, 0.29) is 5.88 Å². The molecule has 1 heterocycles. The van der Waals surface area contributed by atoms with Gasteiger partial charge >= 0.3 is 5.69 Å². The minimum Gasteiger partial charge on any atom is -0.494 e. The smallest absolute Gasteiger partial charge is 0.338 e. The van der Waals surface area contributed by atoms with E-state index in [1.165, 1.54) is 4.57 Å². The Morgan fingerprint density at radius 1 is 1.15 bits per heavy atom. The number of nitrogens with zero attached hydrogens (tertiary/aromatic N) is 2. The van der Waals surface area contributed by atoms with Crippen LogP contribution in [0.3, 0.4) is 0 Å². The standard InChI is InChI=1S/C15H18N2O3/c1-3-4-9-16-13(18)10-14(19)17(15(16)20)12-7-5-11(2)6-8-12/h5-8,10,18H,3-4,9H2,1-2H3. The molecular weight excluding hydrogens is 256 g/mol. The average molecular weight is 274 g/mol. The van der Waals surface area contributed by atoms with E-state index in [4.69, 9.17) is 0 Å². The lowest BCUT2D eigenvalue weighted by atomic mass is 10.2. The first-order chi connectivity index (χ1) is 9.54. The summed E-state index contributed by atoms with van der Waals surface area (Å²) in [5, 5.41) is 9.76. The molecule has 0 aliphatic carbocycles. The normalized spacial score (nSPS) is 10.7. The lowest BCUT2D eigenvalue weighted by Crippen LogP contribution is -2.38. The van der Waals surface area contributed by atoms with Crippen LogP contribution in [0.4, 0.5) is 0 Å². The third-order valence-corrected chi connectivity index (χ3v) is 3.20. The van der Waals surface area contributed by atoms with E-state index in [9.17, 15) is 14.7 Å². The largest absolute Gasteiger partial charge is 0.494 e. The number of hydrogen-bond acceptors (Lipinski definition) is 3. The third-order valence-electron chi connectivity index (χ3n) is 3.20. The molecule has 0 aliphatic heterocycles. The molecule has 0 aliphatic rings. The van der Waals surface area contributed by atoms with Crippen molar-refractivity contribution in [3.8, 4) is 11.6 Å². The number of benzene rings is 1. The molecule has 0 saturated heterocycles. The van der Waals surface area contributed by atoms with E-state index in [0.717, 1.165) is 29.0 Å². The molecule has 0 bridgehead atoms. The first-order valence-corrected chi connectivity index (χ1v) is 6.67. The highest BCUT2D eigenvalue weighted by Gasteiger charge is 2.11. The summed E-state index contributed by atoms with van der Waals surface area (Å²) < 4.78 is 2.31. The first kappa shape index (κ1) is 14.1. The van der Waals surface area contributed by atoms with Crippen LogP contribution < -0.4 is 11.2 Å². The van der Waals surface area contributed by atoms with Crippen LogP contribution in [-0.2, 0) is 6.54 Å². The summed E-state index contributed by atoms with van der Waals surface area (Å²) in [4.78, 5) is 24.3. The van der Waals surface area contributed by atoms with Gasteiger partial charge in [-0.15, -0.1) is 0 Å². The molecule has 5 heteroatoms. The molecule has 2 aromatic rings. The van der Waals surface area contributed by atoms with Gasteiger partial charge < -0.3 is 5.11 Å². The molecule has 1 aromatic carbocycles. The molecule has 0 saturated carbocycles. The molecular formula is C15H18N2O3. The molecule has 1 aromatic heterocycles. The Morgan fingerprint density at radius 3 is 2.40 bits per heavy atom. The zero-order chi connectivity index (χ0) is 14.7. The summed E-state index contributed by atoms with van der Waals surface area (Å²) in [6.07, 6.45) is 1.66. The second-order valence-electron chi connectivity index (χ2n) is 4.80. The van der Waals surface area contributed by atoms with Crippen molar-refractivity contribution in [1.82, 2.24) is 9.13 Å². The van der Waals surface area contributed by atoms with Gasteiger partial charge in [0.25, 0.3) is 5.56 Å². The topological polar surface area (TPSA) is 64.2 Å². The Kier molecular flexibility index (Phi) is 4.08. The van der Waals surface area contributed by atoms with Crippen LogP contribution in [0.5, 0.6) is 5.88 Å². The minimum atomic E-state index is -0.524. The Morgan fingerprint density at radius 2 is 1.80 bits per heavy atom. The van der Waals surface area contributed by atoms with E-state index < -0.39 is 11.2 Å². The van der Waals surface area contributed by atoms with Crippen molar-refractivity contribution in [2.45, 2.75) is 33.2 Å². The van der Waals surface area contributed by atoms with E-state index in [2.05, 4.69) is 0 Å². The predicted octanol–water partition coefficient (Wildman–Crippen LogP) is 1.81. The molecule has 0 unspecified atom stereocenters. The van der Waals surface area contributed by atoms with Gasteiger partial charge in [0.05, 0.1) is 11.8 Å². The van der Waals surface area contributed by atoms with Crippen molar-refractivity contribution in [2.24, 2.45) is 0 Å². The van der Waals surface area contributed by atoms with Crippen molar-refractivity contribution < 1.29 is 5.11 Å². The summed E-state index contributed by atoms with van der Waals surface area (Å²) >= 11 is 0. The lowest BCUT2D eigenvalue weighted by molar-refractivity contribution is 0.391. The maximum absolute atomic E-state index is 12.4. The molecule has 2 rings (SSSR count). The maximum Gasteiger partial charge on any atom is 0.338 e. The monoisotopic (exact) mass is 274 g/mol. The van der Waals surface area contributed by atoms with Crippen LogP contribution in [0.2, 0.25) is 0 Å². The van der Waals surface area contributed by atoms with Crippen molar-refractivity contribution in [1.29, 1.82) is 0 Å². The summed E-state index contributed by atoms with van der Waals surface area (Å²) in [5.74, 6) is -0.281. The fourth-order valence-electron chi connectivity index (χ4n) is 2.02. The molecule has 20 heavy (non-hydrogen) atoms.